The van der Waals surface area contributed by atoms with E-state index in [-0.39, 0.29) is 12.4 Å². The van der Waals surface area contributed by atoms with Crippen LogP contribution in [0.25, 0.3) is 0 Å². The average molecular weight is 294 g/mol. The first-order valence-corrected chi connectivity index (χ1v) is 6.78. The first-order valence-electron chi connectivity index (χ1n) is 6.40. The molecule has 0 radical (unpaired) electrons. The Hall–Kier alpha value is -1.58. The summed E-state index contributed by atoms with van der Waals surface area (Å²) in [5, 5.41) is 13.6. The Bertz CT molecular complexity index is 573. The van der Waals surface area contributed by atoms with Gasteiger partial charge in [-0.15, -0.1) is 0 Å². The molecule has 2 N–H and O–H groups in total. The molecule has 0 aromatic heterocycles. The van der Waals surface area contributed by atoms with Crippen molar-refractivity contribution in [1.29, 1.82) is 0 Å². The monoisotopic (exact) mass is 293 g/mol. The van der Waals surface area contributed by atoms with Crippen molar-refractivity contribution >= 4 is 17.3 Å². The third-order valence-electron chi connectivity index (χ3n) is 3.12. The zero-order chi connectivity index (χ0) is 14.6. The molecule has 0 saturated carbocycles. The van der Waals surface area contributed by atoms with E-state index in [0.717, 1.165) is 11.3 Å². The smallest absolute Gasteiger partial charge is 0.123 e. The fraction of sp³-hybridized carbons (Fsp3) is 0.250. The molecule has 2 aromatic carbocycles. The molecule has 2 nitrogen and oxygen atoms in total. The summed E-state index contributed by atoms with van der Waals surface area (Å²) in [6.45, 7) is 1.83. The van der Waals surface area contributed by atoms with Gasteiger partial charge >= 0.3 is 0 Å². The minimum Gasteiger partial charge on any atom is -0.394 e. The second-order valence-electron chi connectivity index (χ2n) is 5.16. The number of hydrogen-bond donors (Lipinski definition) is 2. The molecule has 4 heteroatoms. The van der Waals surface area contributed by atoms with Gasteiger partial charge in [0, 0.05) is 10.7 Å². The summed E-state index contributed by atoms with van der Waals surface area (Å²) in [6.07, 6.45) is 0.518. The lowest BCUT2D eigenvalue weighted by Gasteiger charge is -2.30. The Balaban J connectivity index is 2.14. The molecule has 0 fully saturated rings. The minimum atomic E-state index is -0.568. The zero-order valence-corrected chi connectivity index (χ0v) is 12.0. The van der Waals surface area contributed by atoms with Gasteiger partial charge in [0.1, 0.15) is 5.82 Å². The molecule has 106 valence electrons. The summed E-state index contributed by atoms with van der Waals surface area (Å²) < 4.78 is 13.2. The molecule has 1 unspecified atom stereocenters. The number of hydrogen-bond acceptors (Lipinski definition) is 2. The molecule has 0 spiro atoms. The Labute approximate surface area is 123 Å². The Morgan fingerprint density at radius 1 is 1.20 bits per heavy atom. The van der Waals surface area contributed by atoms with E-state index < -0.39 is 5.54 Å². The van der Waals surface area contributed by atoms with Gasteiger partial charge < -0.3 is 10.4 Å². The Morgan fingerprint density at radius 2 is 1.90 bits per heavy atom. The van der Waals surface area contributed by atoms with Crippen molar-refractivity contribution < 1.29 is 9.50 Å². The molecular formula is C16H17ClFNO. The van der Waals surface area contributed by atoms with Crippen LogP contribution in [0.3, 0.4) is 0 Å². The maximum absolute atomic E-state index is 13.2. The number of halogens is 2. The standard InChI is InChI=1S/C16H17ClFNO/c1-16(11-20,10-12-3-2-4-14(18)9-12)19-15-7-5-13(17)6-8-15/h2-9,19-20H,10-11H2,1H3. The third-order valence-corrected chi connectivity index (χ3v) is 3.37. The van der Waals surface area contributed by atoms with E-state index in [0.29, 0.717) is 11.4 Å². The maximum Gasteiger partial charge on any atom is 0.123 e. The van der Waals surface area contributed by atoms with Gasteiger partial charge in [0.15, 0.2) is 0 Å². The van der Waals surface area contributed by atoms with Crippen LogP contribution in [-0.4, -0.2) is 17.3 Å². The van der Waals surface area contributed by atoms with E-state index in [1.807, 2.05) is 25.1 Å². The highest BCUT2D eigenvalue weighted by molar-refractivity contribution is 6.30. The molecular weight excluding hydrogens is 277 g/mol. The zero-order valence-electron chi connectivity index (χ0n) is 11.2. The molecule has 1 atom stereocenters. The van der Waals surface area contributed by atoms with Crippen molar-refractivity contribution in [2.24, 2.45) is 0 Å². The van der Waals surface area contributed by atoms with Crippen molar-refractivity contribution in [3.05, 3.63) is 64.9 Å². The number of rotatable bonds is 5. The second-order valence-corrected chi connectivity index (χ2v) is 5.59. The van der Waals surface area contributed by atoms with Crippen LogP contribution in [0.5, 0.6) is 0 Å². The topological polar surface area (TPSA) is 32.3 Å². The number of aliphatic hydroxyl groups is 1. The van der Waals surface area contributed by atoms with Gasteiger partial charge in [-0.05, 0) is 55.3 Å². The normalized spacial score (nSPS) is 13.8. The Morgan fingerprint density at radius 3 is 2.50 bits per heavy atom. The van der Waals surface area contributed by atoms with Crippen molar-refractivity contribution in [3.63, 3.8) is 0 Å². The lowest BCUT2D eigenvalue weighted by molar-refractivity contribution is 0.222. The Kier molecular flexibility index (Phi) is 4.63. The second kappa shape index (κ2) is 6.25. The molecule has 0 aliphatic heterocycles. The van der Waals surface area contributed by atoms with Gasteiger partial charge in [-0.2, -0.15) is 0 Å². The van der Waals surface area contributed by atoms with Crippen LogP contribution in [0, 0.1) is 5.82 Å². The van der Waals surface area contributed by atoms with Crippen molar-refractivity contribution in [2.45, 2.75) is 18.9 Å². The maximum atomic E-state index is 13.2. The lowest BCUT2D eigenvalue weighted by Crippen LogP contribution is -2.41. The van der Waals surface area contributed by atoms with Crippen LogP contribution < -0.4 is 5.32 Å². The molecule has 0 aliphatic rings. The largest absolute Gasteiger partial charge is 0.394 e. The van der Waals surface area contributed by atoms with Crippen LogP contribution >= 0.6 is 11.6 Å². The molecule has 0 amide bonds. The van der Waals surface area contributed by atoms with Gasteiger partial charge in [-0.1, -0.05) is 23.7 Å². The molecule has 2 rings (SSSR count). The van der Waals surface area contributed by atoms with E-state index >= 15 is 0 Å². The molecule has 2 aromatic rings. The van der Waals surface area contributed by atoms with Gasteiger partial charge in [0.25, 0.3) is 0 Å². The fourth-order valence-electron chi connectivity index (χ4n) is 2.12. The summed E-state index contributed by atoms with van der Waals surface area (Å²) in [7, 11) is 0. The first kappa shape index (κ1) is 14.8. The van der Waals surface area contributed by atoms with Crippen LogP contribution in [0.15, 0.2) is 48.5 Å². The molecule has 0 saturated heterocycles. The van der Waals surface area contributed by atoms with Gasteiger partial charge in [-0.3, -0.25) is 0 Å². The number of aliphatic hydroxyl groups excluding tert-OH is 1. The highest BCUT2D eigenvalue weighted by Crippen LogP contribution is 2.21. The van der Waals surface area contributed by atoms with Gasteiger partial charge in [0.05, 0.1) is 12.1 Å². The van der Waals surface area contributed by atoms with Crippen LogP contribution in [0.1, 0.15) is 12.5 Å². The van der Waals surface area contributed by atoms with Gasteiger partial charge in [0.2, 0.25) is 0 Å². The molecule has 0 aliphatic carbocycles. The number of benzene rings is 2. The predicted octanol–water partition coefficient (Wildman–Crippen LogP) is 3.88. The molecule has 0 heterocycles. The highest BCUT2D eigenvalue weighted by atomic mass is 35.5. The SMILES string of the molecule is CC(CO)(Cc1cccc(F)c1)Nc1ccc(Cl)cc1. The van der Waals surface area contributed by atoms with Crippen molar-refractivity contribution in [1.82, 2.24) is 0 Å². The highest BCUT2D eigenvalue weighted by Gasteiger charge is 2.23. The van der Waals surface area contributed by atoms with E-state index in [2.05, 4.69) is 5.32 Å². The molecule has 0 bridgehead atoms. The van der Waals surface area contributed by atoms with E-state index in [9.17, 15) is 9.50 Å². The van der Waals surface area contributed by atoms with Crippen molar-refractivity contribution in [2.75, 3.05) is 11.9 Å². The van der Waals surface area contributed by atoms with Crippen LogP contribution in [-0.2, 0) is 6.42 Å². The quantitative estimate of drug-likeness (QED) is 0.877. The lowest BCUT2D eigenvalue weighted by atomic mass is 9.93. The summed E-state index contributed by atoms with van der Waals surface area (Å²) in [5.74, 6) is -0.269. The summed E-state index contributed by atoms with van der Waals surface area (Å²) >= 11 is 5.85. The fourth-order valence-corrected chi connectivity index (χ4v) is 2.24. The van der Waals surface area contributed by atoms with Crippen molar-refractivity contribution in [3.8, 4) is 0 Å². The molecule has 20 heavy (non-hydrogen) atoms. The number of nitrogens with one attached hydrogen (secondary N) is 1. The van der Waals surface area contributed by atoms with Gasteiger partial charge in [-0.25, -0.2) is 4.39 Å². The van der Waals surface area contributed by atoms with E-state index in [1.165, 1.54) is 12.1 Å². The van der Waals surface area contributed by atoms with E-state index in [1.54, 1.807) is 18.2 Å². The average Bonchev–Trinajstić information content (AvgIpc) is 2.41. The van der Waals surface area contributed by atoms with Crippen LogP contribution in [0.4, 0.5) is 10.1 Å². The summed E-state index contributed by atoms with van der Waals surface area (Å²) in [5.41, 5.74) is 1.13. The summed E-state index contributed by atoms with van der Waals surface area (Å²) in [4.78, 5) is 0. The third kappa shape index (κ3) is 3.95. The predicted molar refractivity (Wildman–Crippen MR) is 80.7 cm³/mol. The van der Waals surface area contributed by atoms with E-state index in [4.69, 9.17) is 11.6 Å². The van der Waals surface area contributed by atoms with Crippen LogP contribution in [0.2, 0.25) is 5.02 Å². The summed E-state index contributed by atoms with van der Waals surface area (Å²) in [6, 6.07) is 13.7. The number of anilines is 1. The minimum absolute atomic E-state index is 0.0634. The first-order chi connectivity index (χ1) is 9.50.